The highest BCUT2D eigenvalue weighted by atomic mass is 19.1. The summed E-state index contributed by atoms with van der Waals surface area (Å²) in [7, 11) is 0. The van der Waals surface area contributed by atoms with Gasteiger partial charge in [-0.2, -0.15) is 0 Å². The number of benzene rings is 1. The highest BCUT2D eigenvalue weighted by Gasteiger charge is 2.17. The number of urea groups is 1. The number of aromatic nitrogens is 2. The van der Waals surface area contributed by atoms with Crippen LogP contribution in [0.5, 0.6) is 0 Å². The maximum Gasteiger partial charge on any atom is 0.340 e. The first-order chi connectivity index (χ1) is 10.1. The van der Waals surface area contributed by atoms with E-state index in [1.807, 2.05) is 0 Å². The summed E-state index contributed by atoms with van der Waals surface area (Å²) < 4.78 is 13.4. The van der Waals surface area contributed by atoms with Crippen molar-refractivity contribution in [2.45, 2.75) is 6.54 Å². The van der Waals surface area contributed by atoms with Gasteiger partial charge in [0, 0.05) is 6.20 Å². The van der Waals surface area contributed by atoms with E-state index < -0.39 is 23.4 Å². The number of nitrogens with zero attached hydrogens (tertiary/aromatic N) is 2. The van der Waals surface area contributed by atoms with Crippen molar-refractivity contribution in [1.29, 1.82) is 0 Å². The number of anilines is 1. The van der Waals surface area contributed by atoms with Crippen LogP contribution in [0, 0.1) is 5.82 Å². The molecule has 0 spiro atoms. The Kier molecular flexibility index (Phi) is 4.39. The molecule has 108 valence electrons. The summed E-state index contributed by atoms with van der Waals surface area (Å²) in [6.07, 6.45) is 2.86. The van der Waals surface area contributed by atoms with Gasteiger partial charge in [-0.1, -0.05) is 6.07 Å². The summed E-state index contributed by atoms with van der Waals surface area (Å²) in [5.74, 6) is -2.38. The number of rotatable bonds is 4. The van der Waals surface area contributed by atoms with Crippen LogP contribution in [0.15, 0.2) is 36.8 Å². The second-order valence-corrected chi connectivity index (χ2v) is 3.98. The zero-order valence-corrected chi connectivity index (χ0v) is 10.7. The third kappa shape index (κ3) is 3.72. The van der Waals surface area contributed by atoms with Crippen LogP contribution in [0.4, 0.5) is 14.9 Å². The minimum Gasteiger partial charge on any atom is -0.478 e. The third-order valence-corrected chi connectivity index (χ3v) is 2.55. The van der Waals surface area contributed by atoms with E-state index in [2.05, 4.69) is 20.6 Å². The molecule has 0 atom stereocenters. The molecule has 0 aliphatic carbocycles. The monoisotopic (exact) mass is 290 g/mol. The molecule has 0 radical (unpaired) electrons. The fraction of sp³-hybridized carbons (Fsp3) is 0.0769. The molecule has 0 aliphatic rings. The number of carboxylic acids is 1. The van der Waals surface area contributed by atoms with E-state index in [1.54, 1.807) is 6.07 Å². The van der Waals surface area contributed by atoms with E-state index in [4.69, 9.17) is 5.11 Å². The molecule has 0 fully saturated rings. The number of hydrogen-bond donors (Lipinski definition) is 3. The fourth-order valence-corrected chi connectivity index (χ4v) is 1.61. The van der Waals surface area contributed by atoms with Gasteiger partial charge in [-0.3, -0.25) is 0 Å². The molecule has 1 aromatic carbocycles. The van der Waals surface area contributed by atoms with E-state index in [1.165, 1.54) is 24.7 Å². The Labute approximate surface area is 118 Å². The van der Waals surface area contributed by atoms with Gasteiger partial charge in [0.25, 0.3) is 0 Å². The third-order valence-electron chi connectivity index (χ3n) is 2.55. The van der Waals surface area contributed by atoms with Gasteiger partial charge in [0.05, 0.1) is 17.9 Å². The lowest BCUT2D eigenvalue weighted by molar-refractivity contribution is 0.0693. The lowest BCUT2D eigenvalue weighted by Crippen LogP contribution is -2.29. The molecule has 1 heterocycles. The van der Waals surface area contributed by atoms with Gasteiger partial charge >= 0.3 is 12.0 Å². The predicted octanol–water partition coefficient (Wildman–Crippen LogP) is 1.64. The molecule has 0 bridgehead atoms. The Bertz CT molecular complexity index is 664. The van der Waals surface area contributed by atoms with Crippen LogP contribution in [0.2, 0.25) is 0 Å². The number of hydrogen-bond acceptors (Lipinski definition) is 4. The van der Waals surface area contributed by atoms with E-state index in [9.17, 15) is 14.0 Å². The Balaban J connectivity index is 2.03. The summed E-state index contributed by atoms with van der Waals surface area (Å²) in [4.78, 5) is 30.3. The van der Waals surface area contributed by atoms with Gasteiger partial charge in [0.2, 0.25) is 0 Å². The minimum atomic E-state index is -1.46. The van der Waals surface area contributed by atoms with Crippen LogP contribution >= 0.6 is 0 Å². The average molecular weight is 290 g/mol. The summed E-state index contributed by atoms with van der Waals surface area (Å²) in [5.41, 5.74) is -0.129. The Hall–Kier alpha value is -3.03. The van der Waals surface area contributed by atoms with E-state index >= 15 is 0 Å². The lowest BCUT2D eigenvalue weighted by Gasteiger charge is -2.10. The van der Waals surface area contributed by atoms with Crippen molar-refractivity contribution in [3.8, 4) is 0 Å². The van der Waals surface area contributed by atoms with Crippen LogP contribution in [-0.2, 0) is 6.54 Å². The smallest absolute Gasteiger partial charge is 0.340 e. The summed E-state index contributed by atoms with van der Waals surface area (Å²) in [5, 5.41) is 13.7. The van der Waals surface area contributed by atoms with E-state index in [0.29, 0.717) is 5.69 Å². The fourth-order valence-electron chi connectivity index (χ4n) is 1.61. The number of carbonyl (C=O) groups is 2. The molecule has 3 N–H and O–H groups in total. The maximum absolute atomic E-state index is 13.4. The molecule has 2 rings (SSSR count). The van der Waals surface area contributed by atoms with Gasteiger partial charge in [-0.25, -0.2) is 23.9 Å². The van der Waals surface area contributed by atoms with Crippen LogP contribution < -0.4 is 10.6 Å². The largest absolute Gasteiger partial charge is 0.478 e. The molecule has 0 aliphatic heterocycles. The van der Waals surface area contributed by atoms with Crippen molar-refractivity contribution in [3.05, 3.63) is 53.9 Å². The second-order valence-electron chi connectivity index (χ2n) is 3.98. The zero-order valence-electron chi connectivity index (χ0n) is 10.7. The van der Waals surface area contributed by atoms with Crippen LogP contribution in [-0.4, -0.2) is 27.1 Å². The summed E-state index contributed by atoms with van der Waals surface area (Å²) >= 11 is 0. The minimum absolute atomic E-state index is 0.123. The number of halogens is 1. The van der Waals surface area contributed by atoms with Gasteiger partial charge < -0.3 is 15.7 Å². The van der Waals surface area contributed by atoms with Crippen LogP contribution in [0.3, 0.4) is 0 Å². The van der Waals surface area contributed by atoms with Gasteiger partial charge in [-0.15, -0.1) is 0 Å². The van der Waals surface area contributed by atoms with Crippen molar-refractivity contribution in [2.24, 2.45) is 0 Å². The number of amides is 2. The van der Waals surface area contributed by atoms with Crippen molar-refractivity contribution in [1.82, 2.24) is 15.3 Å². The van der Waals surface area contributed by atoms with Crippen LogP contribution in [0.1, 0.15) is 16.1 Å². The number of carboxylic acid groups (broad SMARTS) is 1. The first-order valence-corrected chi connectivity index (χ1v) is 5.89. The molecule has 1 aromatic heterocycles. The molecule has 0 saturated carbocycles. The Morgan fingerprint density at radius 2 is 2.10 bits per heavy atom. The summed E-state index contributed by atoms with van der Waals surface area (Å²) in [6, 6.07) is 4.57. The second kappa shape index (κ2) is 6.42. The zero-order chi connectivity index (χ0) is 15.2. The Morgan fingerprint density at radius 1 is 1.29 bits per heavy atom. The molecular weight excluding hydrogens is 279 g/mol. The molecule has 21 heavy (non-hydrogen) atoms. The molecule has 0 unspecified atom stereocenters. The first kappa shape index (κ1) is 14.4. The number of carbonyl (C=O) groups excluding carboxylic acids is 1. The summed E-state index contributed by atoms with van der Waals surface area (Å²) in [6.45, 7) is 0.131. The van der Waals surface area contributed by atoms with Crippen molar-refractivity contribution < 1.29 is 19.1 Å². The first-order valence-electron chi connectivity index (χ1n) is 5.89. The SMILES string of the molecule is O=C(NCc1ccncn1)Nc1cccc(F)c1C(=O)O. The maximum atomic E-state index is 13.4. The molecule has 2 amide bonds. The molecular formula is C13H11FN4O3. The highest BCUT2D eigenvalue weighted by molar-refractivity contribution is 6.00. The van der Waals surface area contributed by atoms with Gasteiger partial charge in [0.1, 0.15) is 17.7 Å². The van der Waals surface area contributed by atoms with Crippen molar-refractivity contribution in [3.63, 3.8) is 0 Å². The van der Waals surface area contributed by atoms with Gasteiger partial charge in [0.15, 0.2) is 0 Å². The topological polar surface area (TPSA) is 104 Å². The number of aromatic carboxylic acids is 1. The standard InChI is InChI=1S/C13H11FN4O3/c14-9-2-1-3-10(11(9)12(19)20)18-13(21)16-6-8-4-5-15-7-17-8/h1-5,7H,6H2,(H,19,20)(H2,16,18,21). The molecule has 0 saturated heterocycles. The lowest BCUT2D eigenvalue weighted by atomic mass is 10.1. The molecule has 8 heteroatoms. The van der Waals surface area contributed by atoms with Crippen LogP contribution in [0.25, 0.3) is 0 Å². The quantitative estimate of drug-likeness (QED) is 0.794. The van der Waals surface area contributed by atoms with Crippen molar-refractivity contribution >= 4 is 17.7 Å². The van der Waals surface area contributed by atoms with Gasteiger partial charge in [-0.05, 0) is 18.2 Å². The Morgan fingerprint density at radius 3 is 2.76 bits per heavy atom. The van der Waals surface area contributed by atoms with E-state index in [0.717, 1.165) is 6.07 Å². The predicted molar refractivity (Wildman–Crippen MR) is 71.2 cm³/mol. The average Bonchev–Trinajstić information content (AvgIpc) is 2.46. The highest BCUT2D eigenvalue weighted by Crippen LogP contribution is 2.18. The normalized spacial score (nSPS) is 9.95. The molecule has 7 nitrogen and oxygen atoms in total. The van der Waals surface area contributed by atoms with Crippen molar-refractivity contribution in [2.75, 3.05) is 5.32 Å². The number of nitrogens with one attached hydrogen (secondary N) is 2. The molecule has 2 aromatic rings. The van der Waals surface area contributed by atoms with E-state index in [-0.39, 0.29) is 12.2 Å².